The first-order valence-electron chi connectivity index (χ1n) is 10.5. The third-order valence-corrected chi connectivity index (χ3v) is 5.13. The Morgan fingerprint density at radius 3 is 2.44 bits per heavy atom. The number of pyridine rings is 1. The summed E-state index contributed by atoms with van der Waals surface area (Å²) in [6.45, 7) is 7.60. The zero-order chi connectivity index (χ0) is 23.0. The number of rotatable bonds is 5. The number of benzene rings is 2. The molecule has 4 aromatic rings. The van der Waals surface area contributed by atoms with E-state index in [1.54, 1.807) is 12.1 Å². The number of carbonyl (C=O) groups excluding carboxylic acids is 1. The average Bonchev–Trinajstić information content (AvgIpc) is 3.10. The lowest BCUT2D eigenvalue weighted by molar-refractivity contribution is -0.138. The molecule has 1 amide bonds. The number of nitrogens with one attached hydrogen (secondary N) is 2. The number of imidazole rings is 1. The van der Waals surface area contributed by atoms with E-state index in [9.17, 15) is 9.59 Å². The van der Waals surface area contributed by atoms with Crippen LogP contribution in [0.5, 0.6) is 0 Å². The van der Waals surface area contributed by atoms with Gasteiger partial charge in [0.25, 0.3) is 5.91 Å². The van der Waals surface area contributed by atoms with E-state index in [1.807, 2.05) is 28.8 Å². The van der Waals surface area contributed by atoms with Gasteiger partial charge in [0.05, 0.1) is 5.56 Å². The van der Waals surface area contributed by atoms with Gasteiger partial charge < -0.3 is 15.7 Å². The van der Waals surface area contributed by atoms with Crippen LogP contribution in [0.15, 0.2) is 60.8 Å². The lowest BCUT2D eigenvalue weighted by atomic mass is 10.0. The number of aliphatic carboxylic acids is 1. The van der Waals surface area contributed by atoms with Crippen LogP contribution in [0.2, 0.25) is 0 Å². The van der Waals surface area contributed by atoms with Crippen LogP contribution in [-0.2, 0) is 4.79 Å². The van der Waals surface area contributed by atoms with E-state index in [-0.39, 0.29) is 5.54 Å². The zero-order valence-corrected chi connectivity index (χ0v) is 18.5. The molecule has 0 fully saturated rings. The van der Waals surface area contributed by atoms with Crippen molar-refractivity contribution in [3.8, 4) is 11.3 Å². The summed E-state index contributed by atoms with van der Waals surface area (Å²) in [5, 5.41) is 17.4. The standard InChI is InChI=1S/C25H26N4O3/c1-15(24(31)32)26-23(30)19-10-7-13-29-21(19)27-20(22(29)28-25(2,3)4)18-12-11-16-8-5-6-9-17(16)14-18/h5-15,28H,1-4H3,(H,26,30)(H,31,32). The highest BCUT2D eigenvalue weighted by Gasteiger charge is 2.24. The topological polar surface area (TPSA) is 95.7 Å². The van der Waals surface area contributed by atoms with Gasteiger partial charge in [0.2, 0.25) is 0 Å². The Bertz CT molecular complexity index is 1330. The molecule has 0 radical (unpaired) electrons. The van der Waals surface area contributed by atoms with Crippen LogP contribution in [0, 0.1) is 0 Å². The summed E-state index contributed by atoms with van der Waals surface area (Å²) in [6.07, 6.45) is 1.85. The molecule has 7 nitrogen and oxygen atoms in total. The Hall–Kier alpha value is -3.87. The van der Waals surface area contributed by atoms with Crippen molar-refractivity contribution in [2.75, 3.05) is 5.32 Å². The van der Waals surface area contributed by atoms with E-state index in [0.717, 1.165) is 27.8 Å². The van der Waals surface area contributed by atoms with Crippen molar-refractivity contribution in [2.24, 2.45) is 0 Å². The summed E-state index contributed by atoms with van der Waals surface area (Å²) < 4.78 is 1.84. The molecule has 0 spiro atoms. The number of amides is 1. The van der Waals surface area contributed by atoms with E-state index < -0.39 is 17.9 Å². The van der Waals surface area contributed by atoms with Gasteiger partial charge in [-0.1, -0.05) is 36.4 Å². The van der Waals surface area contributed by atoms with Crippen LogP contribution in [0.4, 0.5) is 5.82 Å². The van der Waals surface area contributed by atoms with Crippen molar-refractivity contribution in [3.05, 3.63) is 66.4 Å². The fourth-order valence-electron chi connectivity index (χ4n) is 3.59. The van der Waals surface area contributed by atoms with Gasteiger partial charge in [0.15, 0.2) is 5.65 Å². The molecule has 1 atom stereocenters. The Balaban J connectivity index is 1.90. The average molecular weight is 431 g/mol. The first kappa shape index (κ1) is 21.4. The van der Waals surface area contributed by atoms with Gasteiger partial charge in [0, 0.05) is 17.3 Å². The Morgan fingerprint density at radius 1 is 1.03 bits per heavy atom. The first-order valence-corrected chi connectivity index (χ1v) is 10.5. The molecule has 0 aliphatic heterocycles. The maximum absolute atomic E-state index is 12.8. The van der Waals surface area contributed by atoms with Gasteiger partial charge in [-0.15, -0.1) is 0 Å². The molecule has 4 rings (SSSR count). The summed E-state index contributed by atoms with van der Waals surface area (Å²) in [5.74, 6) is -0.813. The van der Waals surface area contributed by atoms with Gasteiger partial charge in [0.1, 0.15) is 17.6 Å². The van der Waals surface area contributed by atoms with Crippen LogP contribution >= 0.6 is 0 Å². The maximum atomic E-state index is 12.8. The van der Waals surface area contributed by atoms with Gasteiger partial charge in [-0.05, 0) is 56.7 Å². The quantitative estimate of drug-likeness (QED) is 0.431. The summed E-state index contributed by atoms with van der Waals surface area (Å²) in [6, 6.07) is 16.7. The monoisotopic (exact) mass is 430 g/mol. The molecule has 1 unspecified atom stereocenters. The predicted molar refractivity (Wildman–Crippen MR) is 126 cm³/mol. The van der Waals surface area contributed by atoms with Gasteiger partial charge in [-0.2, -0.15) is 0 Å². The van der Waals surface area contributed by atoms with Gasteiger partial charge in [-0.25, -0.2) is 4.98 Å². The molecular weight excluding hydrogens is 404 g/mol. The molecular formula is C25H26N4O3. The normalized spacial score (nSPS) is 12.6. The lowest BCUT2D eigenvalue weighted by Crippen LogP contribution is -2.38. The highest BCUT2D eigenvalue weighted by molar-refractivity contribution is 6.02. The Kier molecular flexibility index (Phi) is 5.34. The maximum Gasteiger partial charge on any atom is 0.325 e. The number of carbonyl (C=O) groups is 2. The molecule has 32 heavy (non-hydrogen) atoms. The molecule has 164 valence electrons. The van der Waals surface area contributed by atoms with Crippen LogP contribution in [-0.4, -0.2) is 37.9 Å². The third kappa shape index (κ3) is 4.14. The van der Waals surface area contributed by atoms with Crippen LogP contribution in [0.3, 0.4) is 0 Å². The molecule has 2 aromatic heterocycles. The van der Waals surface area contributed by atoms with E-state index in [4.69, 9.17) is 10.1 Å². The molecule has 2 heterocycles. The second-order valence-electron chi connectivity index (χ2n) is 8.89. The molecule has 0 aliphatic rings. The predicted octanol–water partition coefficient (Wildman–Crippen LogP) is 4.57. The largest absolute Gasteiger partial charge is 0.480 e. The summed E-state index contributed by atoms with van der Waals surface area (Å²) in [7, 11) is 0. The number of hydrogen-bond acceptors (Lipinski definition) is 4. The molecule has 0 bridgehead atoms. The Labute approximate surface area is 186 Å². The van der Waals surface area contributed by atoms with E-state index in [2.05, 4.69) is 55.7 Å². The Morgan fingerprint density at radius 2 is 1.75 bits per heavy atom. The van der Waals surface area contributed by atoms with Crippen LogP contribution in [0.1, 0.15) is 38.1 Å². The summed E-state index contributed by atoms with van der Waals surface area (Å²) in [4.78, 5) is 28.9. The second-order valence-corrected chi connectivity index (χ2v) is 8.89. The highest BCUT2D eigenvalue weighted by atomic mass is 16.4. The summed E-state index contributed by atoms with van der Waals surface area (Å²) in [5.41, 5.74) is 2.15. The molecule has 0 aliphatic carbocycles. The van der Waals surface area contributed by atoms with E-state index in [1.165, 1.54) is 6.92 Å². The van der Waals surface area contributed by atoms with Crippen molar-refractivity contribution in [1.82, 2.24) is 14.7 Å². The van der Waals surface area contributed by atoms with Crippen molar-refractivity contribution in [3.63, 3.8) is 0 Å². The highest BCUT2D eigenvalue weighted by Crippen LogP contribution is 2.33. The SMILES string of the molecule is CC(NC(=O)c1cccn2c(NC(C)(C)C)c(-c3ccc4ccccc4c3)nc12)C(=O)O. The van der Waals surface area contributed by atoms with Crippen LogP contribution in [0.25, 0.3) is 27.7 Å². The fourth-order valence-corrected chi connectivity index (χ4v) is 3.59. The smallest absolute Gasteiger partial charge is 0.325 e. The minimum Gasteiger partial charge on any atom is -0.480 e. The molecule has 7 heteroatoms. The van der Waals surface area contributed by atoms with Crippen molar-refractivity contribution in [2.45, 2.75) is 39.3 Å². The van der Waals surface area contributed by atoms with Crippen LogP contribution < -0.4 is 10.6 Å². The molecule has 0 saturated heterocycles. The number of carboxylic acid groups (broad SMARTS) is 1. The van der Waals surface area contributed by atoms with Crippen molar-refractivity contribution in [1.29, 1.82) is 0 Å². The molecule has 2 aromatic carbocycles. The first-order chi connectivity index (χ1) is 15.1. The van der Waals surface area contributed by atoms with E-state index in [0.29, 0.717) is 11.2 Å². The lowest BCUT2D eigenvalue weighted by Gasteiger charge is -2.22. The van der Waals surface area contributed by atoms with Gasteiger partial charge in [-0.3, -0.25) is 14.0 Å². The number of hydrogen-bond donors (Lipinski definition) is 3. The number of aromatic nitrogens is 2. The number of nitrogens with zero attached hydrogens (tertiary/aromatic N) is 2. The number of anilines is 1. The minimum absolute atomic E-state index is 0.252. The fraction of sp³-hybridized carbons (Fsp3) is 0.240. The van der Waals surface area contributed by atoms with Crippen molar-refractivity contribution >= 4 is 34.1 Å². The summed E-state index contributed by atoms with van der Waals surface area (Å²) >= 11 is 0. The zero-order valence-electron chi connectivity index (χ0n) is 18.5. The van der Waals surface area contributed by atoms with Crippen molar-refractivity contribution < 1.29 is 14.7 Å². The van der Waals surface area contributed by atoms with Gasteiger partial charge >= 0.3 is 5.97 Å². The molecule has 3 N–H and O–H groups in total. The third-order valence-electron chi connectivity index (χ3n) is 5.13. The number of carboxylic acids is 1. The minimum atomic E-state index is -1.10. The second kappa shape index (κ2) is 8.00. The van der Waals surface area contributed by atoms with E-state index >= 15 is 0 Å². The number of fused-ring (bicyclic) bond motifs is 2. The molecule has 0 saturated carbocycles.